The Kier molecular flexibility index (Phi) is 3.80. The fraction of sp³-hybridized carbons (Fsp3) is 0.462. The number of benzene rings is 1. The second kappa shape index (κ2) is 5.36. The minimum Gasteiger partial charge on any atom is -0.491 e. The number of rotatable bonds is 5. The number of fused-ring (bicyclic) bond motifs is 1. The zero-order valence-electron chi connectivity index (χ0n) is 11.0. The Hall–Kier alpha value is -1.95. The largest absolute Gasteiger partial charge is 0.491 e. The van der Waals surface area contributed by atoms with Crippen LogP contribution in [0.4, 0.5) is 0 Å². The third kappa shape index (κ3) is 3.08. The number of esters is 1. The Balaban J connectivity index is 1.96. The fourth-order valence-electron chi connectivity index (χ4n) is 1.55. The Bertz CT molecular complexity index is 472. The predicted octanol–water partition coefficient (Wildman–Crippen LogP) is 1.07. The third-order valence-corrected chi connectivity index (χ3v) is 2.62. The maximum absolute atomic E-state index is 11.6. The van der Waals surface area contributed by atoms with E-state index in [1.54, 1.807) is 32.0 Å². The molecule has 104 valence electrons. The predicted molar refractivity (Wildman–Crippen MR) is 67.3 cm³/mol. The van der Waals surface area contributed by atoms with Crippen molar-refractivity contribution in [2.24, 2.45) is 5.73 Å². The Morgan fingerprint density at radius 1 is 1.42 bits per heavy atom. The highest BCUT2D eigenvalue weighted by Crippen LogP contribution is 2.35. The third-order valence-electron chi connectivity index (χ3n) is 2.62. The lowest BCUT2D eigenvalue weighted by Gasteiger charge is -2.22. The summed E-state index contributed by atoms with van der Waals surface area (Å²) in [5.41, 5.74) is 4.66. The first-order chi connectivity index (χ1) is 9.03. The van der Waals surface area contributed by atoms with Gasteiger partial charge in [0.1, 0.15) is 17.9 Å². The summed E-state index contributed by atoms with van der Waals surface area (Å²) in [6.45, 7) is 3.81. The van der Waals surface area contributed by atoms with E-state index in [4.69, 9.17) is 24.7 Å². The lowest BCUT2D eigenvalue weighted by molar-refractivity contribution is -0.150. The lowest BCUT2D eigenvalue weighted by Crippen LogP contribution is -2.51. The first-order valence-electron chi connectivity index (χ1n) is 6.01. The maximum Gasteiger partial charge on any atom is 0.329 e. The molecule has 0 amide bonds. The van der Waals surface area contributed by atoms with E-state index in [-0.39, 0.29) is 20.0 Å². The molecule has 1 aliphatic heterocycles. The molecular formula is C13H17NO5. The summed E-state index contributed by atoms with van der Waals surface area (Å²) in [4.78, 5) is 11.6. The van der Waals surface area contributed by atoms with Crippen molar-refractivity contribution in [3.63, 3.8) is 0 Å². The summed E-state index contributed by atoms with van der Waals surface area (Å²) in [6, 6.07) is 5.17. The molecule has 0 spiro atoms. The van der Waals surface area contributed by atoms with Gasteiger partial charge in [0, 0.05) is 6.07 Å². The first kappa shape index (κ1) is 13.5. The van der Waals surface area contributed by atoms with Crippen LogP contribution in [-0.4, -0.2) is 31.5 Å². The summed E-state index contributed by atoms with van der Waals surface area (Å²) in [5.74, 6) is 1.36. The van der Waals surface area contributed by atoms with Gasteiger partial charge in [-0.25, -0.2) is 4.79 Å². The van der Waals surface area contributed by atoms with Gasteiger partial charge in [-0.1, -0.05) is 0 Å². The molecule has 0 saturated heterocycles. The van der Waals surface area contributed by atoms with Gasteiger partial charge < -0.3 is 24.7 Å². The van der Waals surface area contributed by atoms with E-state index in [1.165, 1.54) is 0 Å². The van der Waals surface area contributed by atoms with Crippen molar-refractivity contribution in [3.05, 3.63) is 18.2 Å². The maximum atomic E-state index is 11.6. The monoisotopic (exact) mass is 267 g/mol. The van der Waals surface area contributed by atoms with E-state index < -0.39 is 11.5 Å². The van der Waals surface area contributed by atoms with Crippen LogP contribution in [0.5, 0.6) is 17.2 Å². The van der Waals surface area contributed by atoms with Crippen molar-refractivity contribution < 1.29 is 23.7 Å². The van der Waals surface area contributed by atoms with Gasteiger partial charge in [-0.2, -0.15) is 0 Å². The Morgan fingerprint density at radius 2 is 2.16 bits per heavy atom. The molecule has 1 aromatic rings. The highest BCUT2D eigenvalue weighted by molar-refractivity contribution is 5.80. The zero-order valence-corrected chi connectivity index (χ0v) is 11.0. The second-order valence-corrected chi connectivity index (χ2v) is 4.44. The standard InChI is InChI=1S/C13H17NO5/c1-3-16-12(15)13(2,14)7-17-9-4-5-10-11(6-9)19-8-18-10/h4-6H,3,7-8,14H2,1-2H3. The van der Waals surface area contributed by atoms with E-state index in [0.29, 0.717) is 17.2 Å². The van der Waals surface area contributed by atoms with E-state index in [0.717, 1.165) is 0 Å². The van der Waals surface area contributed by atoms with Gasteiger partial charge in [-0.15, -0.1) is 0 Å². The van der Waals surface area contributed by atoms with Gasteiger partial charge in [-0.05, 0) is 26.0 Å². The van der Waals surface area contributed by atoms with Crippen LogP contribution in [-0.2, 0) is 9.53 Å². The molecule has 6 heteroatoms. The van der Waals surface area contributed by atoms with Gasteiger partial charge in [0.05, 0.1) is 6.61 Å². The van der Waals surface area contributed by atoms with Crippen LogP contribution in [0.25, 0.3) is 0 Å². The molecule has 0 aliphatic carbocycles. The average molecular weight is 267 g/mol. The fourth-order valence-corrected chi connectivity index (χ4v) is 1.55. The van der Waals surface area contributed by atoms with Crippen molar-refractivity contribution in [2.75, 3.05) is 20.0 Å². The molecular weight excluding hydrogens is 250 g/mol. The van der Waals surface area contributed by atoms with E-state index in [2.05, 4.69) is 0 Å². The van der Waals surface area contributed by atoms with Crippen LogP contribution in [0.3, 0.4) is 0 Å². The molecule has 1 heterocycles. The van der Waals surface area contributed by atoms with Gasteiger partial charge in [0.25, 0.3) is 0 Å². The van der Waals surface area contributed by atoms with Gasteiger partial charge >= 0.3 is 5.97 Å². The van der Waals surface area contributed by atoms with Gasteiger partial charge in [-0.3, -0.25) is 0 Å². The number of carbonyl (C=O) groups is 1. The first-order valence-corrected chi connectivity index (χ1v) is 6.01. The van der Waals surface area contributed by atoms with Crippen molar-refractivity contribution in [3.8, 4) is 17.2 Å². The molecule has 1 unspecified atom stereocenters. The normalized spacial score (nSPS) is 15.7. The van der Waals surface area contributed by atoms with E-state index in [1.807, 2.05) is 0 Å². The van der Waals surface area contributed by atoms with Crippen molar-refractivity contribution in [1.29, 1.82) is 0 Å². The minimum atomic E-state index is -1.19. The molecule has 0 radical (unpaired) electrons. The molecule has 2 rings (SSSR count). The van der Waals surface area contributed by atoms with Crippen molar-refractivity contribution >= 4 is 5.97 Å². The summed E-state index contributed by atoms with van der Waals surface area (Å²) in [7, 11) is 0. The van der Waals surface area contributed by atoms with E-state index in [9.17, 15) is 4.79 Å². The zero-order chi connectivity index (χ0) is 13.9. The van der Waals surface area contributed by atoms with Crippen LogP contribution in [0, 0.1) is 0 Å². The van der Waals surface area contributed by atoms with Gasteiger partial charge in [0.2, 0.25) is 6.79 Å². The second-order valence-electron chi connectivity index (χ2n) is 4.44. The van der Waals surface area contributed by atoms with Crippen LogP contribution in [0.1, 0.15) is 13.8 Å². The molecule has 0 aromatic heterocycles. The van der Waals surface area contributed by atoms with Crippen molar-refractivity contribution in [1.82, 2.24) is 0 Å². The SMILES string of the molecule is CCOC(=O)C(C)(N)COc1ccc2c(c1)OCO2. The minimum absolute atomic E-state index is 0.0193. The molecule has 2 N–H and O–H groups in total. The van der Waals surface area contributed by atoms with E-state index >= 15 is 0 Å². The Morgan fingerprint density at radius 3 is 2.89 bits per heavy atom. The molecule has 0 bridgehead atoms. The quantitative estimate of drug-likeness (QED) is 0.804. The topological polar surface area (TPSA) is 80.0 Å². The molecule has 1 atom stereocenters. The average Bonchev–Trinajstić information content (AvgIpc) is 2.84. The Labute approximate surface area is 111 Å². The molecule has 6 nitrogen and oxygen atoms in total. The summed E-state index contributed by atoms with van der Waals surface area (Å²) in [5, 5.41) is 0. The highest BCUT2D eigenvalue weighted by Gasteiger charge is 2.31. The lowest BCUT2D eigenvalue weighted by atomic mass is 10.1. The van der Waals surface area contributed by atoms with Crippen LogP contribution in [0.15, 0.2) is 18.2 Å². The summed E-state index contributed by atoms with van der Waals surface area (Å²) >= 11 is 0. The van der Waals surface area contributed by atoms with Crippen molar-refractivity contribution in [2.45, 2.75) is 19.4 Å². The molecule has 1 aliphatic rings. The molecule has 0 saturated carbocycles. The van der Waals surface area contributed by atoms with Crippen LogP contribution < -0.4 is 19.9 Å². The highest BCUT2D eigenvalue weighted by atomic mass is 16.7. The number of nitrogens with two attached hydrogens (primary N) is 1. The van der Waals surface area contributed by atoms with Crippen LogP contribution in [0.2, 0.25) is 0 Å². The summed E-state index contributed by atoms with van der Waals surface area (Å²) in [6.07, 6.45) is 0. The molecule has 0 fully saturated rings. The summed E-state index contributed by atoms with van der Waals surface area (Å²) < 4.78 is 20.8. The molecule has 19 heavy (non-hydrogen) atoms. The van der Waals surface area contributed by atoms with Crippen LogP contribution >= 0.6 is 0 Å². The number of hydrogen-bond acceptors (Lipinski definition) is 6. The van der Waals surface area contributed by atoms with Gasteiger partial charge in [0.15, 0.2) is 11.5 Å². The number of ether oxygens (including phenoxy) is 4. The number of hydrogen-bond donors (Lipinski definition) is 1. The smallest absolute Gasteiger partial charge is 0.329 e. The number of carbonyl (C=O) groups excluding carboxylic acids is 1. The molecule has 1 aromatic carbocycles.